The van der Waals surface area contributed by atoms with Crippen LogP contribution in [0.25, 0.3) is 11.0 Å². The summed E-state index contributed by atoms with van der Waals surface area (Å²) in [6.07, 6.45) is 1.60. The number of para-hydroxylation sites is 1. The van der Waals surface area contributed by atoms with E-state index in [0.29, 0.717) is 33.2 Å². The van der Waals surface area contributed by atoms with Crippen LogP contribution >= 0.6 is 11.6 Å². The highest BCUT2D eigenvalue weighted by Gasteiger charge is 2.15. The van der Waals surface area contributed by atoms with Gasteiger partial charge < -0.3 is 14.5 Å². The topological polar surface area (TPSA) is 76.7 Å². The Labute approximate surface area is 171 Å². The SMILES string of the molecule is COc1cccc2cc(C(=O)Nc3ccccn3)c(=Nc3cccc(Cl)c3)oc12. The molecule has 7 heteroatoms. The molecular formula is C22H16ClN3O3. The van der Waals surface area contributed by atoms with Crippen LogP contribution in [0.2, 0.25) is 5.02 Å². The summed E-state index contributed by atoms with van der Waals surface area (Å²) >= 11 is 6.07. The Bertz CT molecular complexity index is 1250. The van der Waals surface area contributed by atoms with Gasteiger partial charge in [0.05, 0.1) is 12.8 Å². The molecule has 4 rings (SSSR count). The van der Waals surface area contributed by atoms with Gasteiger partial charge in [-0.2, -0.15) is 0 Å². The number of anilines is 1. The highest BCUT2D eigenvalue weighted by atomic mass is 35.5. The summed E-state index contributed by atoms with van der Waals surface area (Å²) in [6.45, 7) is 0. The Balaban J connectivity index is 1.90. The van der Waals surface area contributed by atoms with Crippen LogP contribution in [0.5, 0.6) is 5.75 Å². The van der Waals surface area contributed by atoms with Crippen molar-refractivity contribution in [2.45, 2.75) is 0 Å². The molecule has 1 amide bonds. The fraction of sp³-hybridized carbons (Fsp3) is 0.0455. The summed E-state index contributed by atoms with van der Waals surface area (Å²) in [4.78, 5) is 21.6. The third-order valence-corrected chi connectivity index (χ3v) is 4.38. The minimum Gasteiger partial charge on any atom is -0.493 e. The van der Waals surface area contributed by atoms with Gasteiger partial charge in [-0.15, -0.1) is 0 Å². The van der Waals surface area contributed by atoms with Gasteiger partial charge in [0, 0.05) is 16.6 Å². The standard InChI is InChI=1S/C22H16ClN3O3/c1-28-18-9-4-6-14-12-17(21(27)26-19-10-2-3-11-24-19)22(29-20(14)18)25-16-8-5-7-15(23)13-16/h2-13H,1H3,(H,24,26,27). The predicted octanol–water partition coefficient (Wildman–Crippen LogP) is 4.97. The number of halogens is 1. The van der Waals surface area contributed by atoms with Crippen LogP contribution in [-0.2, 0) is 0 Å². The van der Waals surface area contributed by atoms with Gasteiger partial charge in [-0.05, 0) is 42.5 Å². The number of fused-ring (bicyclic) bond motifs is 1. The Morgan fingerprint density at radius 2 is 1.97 bits per heavy atom. The minimum absolute atomic E-state index is 0.137. The van der Waals surface area contributed by atoms with Crippen LogP contribution < -0.4 is 15.6 Å². The first kappa shape index (κ1) is 18.7. The molecule has 0 spiro atoms. The molecule has 0 bridgehead atoms. The fourth-order valence-corrected chi connectivity index (χ4v) is 3.00. The molecule has 0 unspecified atom stereocenters. The van der Waals surface area contributed by atoms with E-state index in [1.54, 1.807) is 67.9 Å². The largest absolute Gasteiger partial charge is 0.493 e. The van der Waals surface area contributed by atoms with Gasteiger partial charge in [0.2, 0.25) is 5.55 Å². The number of methoxy groups -OCH3 is 1. The van der Waals surface area contributed by atoms with Gasteiger partial charge in [-0.25, -0.2) is 9.98 Å². The molecule has 4 aromatic rings. The number of benzene rings is 2. The number of carbonyl (C=O) groups is 1. The van der Waals surface area contributed by atoms with Crippen molar-refractivity contribution in [1.82, 2.24) is 4.98 Å². The summed E-state index contributed by atoms with van der Waals surface area (Å²) < 4.78 is 11.4. The highest BCUT2D eigenvalue weighted by molar-refractivity contribution is 6.30. The second-order valence-corrected chi connectivity index (χ2v) is 6.54. The molecule has 0 aliphatic heterocycles. The number of hydrogen-bond donors (Lipinski definition) is 1. The second-order valence-electron chi connectivity index (χ2n) is 6.10. The van der Waals surface area contributed by atoms with Crippen molar-refractivity contribution in [3.8, 4) is 5.75 Å². The van der Waals surface area contributed by atoms with E-state index < -0.39 is 5.91 Å². The van der Waals surface area contributed by atoms with Crippen molar-refractivity contribution in [1.29, 1.82) is 0 Å². The molecule has 144 valence electrons. The first-order valence-electron chi connectivity index (χ1n) is 8.77. The van der Waals surface area contributed by atoms with Crippen molar-refractivity contribution in [2.75, 3.05) is 12.4 Å². The zero-order chi connectivity index (χ0) is 20.2. The van der Waals surface area contributed by atoms with Gasteiger partial charge in [-0.3, -0.25) is 4.79 Å². The van der Waals surface area contributed by atoms with Crippen LogP contribution in [0.3, 0.4) is 0 Å². The van der Waals surface area contributed by atoms with Crippen LogP contribution in [-0.4, -0.2) is 18.0 Å². The van der Waals surface area contributed by atoms with E-state index in [1.165, 1.54) is 0 Å². The van der Waals surface area contributed by atoms with Gasteiger partial charge in [0.25, 0.3) is 5.91 Å². The molecule has 0 saturated carbocycles. The number of nitrogens with zero attached hydrogens (tertiary/aromatic N) is 2. The molecule has 2 aromatic heterocycles. The lowest BCUT2D eigenvalue weighted by molar-refractivity contribution is 0.102. The monoisotopic (exact) mass is 405 g/mol. The van der Waals surface area contributed by atoms with E-state index in [0.717, 1.165) is 0 Å². The molecule has 0 fully saturated rings. The van der Waals surface area contributed by atoms with Crippen LogP contribution in [0.15, 0.2) is 82.3 Å². The van der Waals surface area contributed by atoms with Crippen LogP contribution in [0, 0.1) is 0 Å². The average molecular weight is 406 g/mol. The normalized spacial score (nSPS) is 11.4. The van der Waals surface area contributed by atoms with Crippen molar-refractivity contribution >= 4 is 40.0 Å². The molecule has 0 atom stereocenters. The third kappa shape index (κ3) is 4.12. The van der Waals surface area contributed by atoms with E-state index in [1.807, 2.05) is 12.1 Å². The van der Waals surface area contributed by atoms with Gasteiger partial charge in [0.1, 0.15) is 11.4 Å². The maximum Gasteiger partial charge on any atom is 0.262 e. The summed E-state index contributed by atoms with van der Waals surface area (Å²) in [6, 6.07) is 19.4. The summed E-state index contributed by atoms with van der Waals surface area (Å²) in [7, 11) is 1.56. The van der Waals surface area contributed by atoms with Crippen molar-refractivity contribution in [2.24, 2.45) is 4.99 Å². The van der Waals surface area contributed by atoms with E-state index in [9.17, 15) is 4.79 Å². The quantitative estimate of drug-likeness (QED) is 0.519. The molecule has 29 heavy (non-hydrogen) atoms. The predicted molar refractivity (Wildman–Crippen MR) is 112 cm³/mol. The molecule has 0 aliphatic rings. The number of nitrogens with one attached hydrogen (secondary N) is 1. The lowest BCUT2D eigenvalue weighted by atomic mass is 10.1. The number of ether oxygens (including phenoxy) is 1. The van der Waals surface area contributed by atoms with Crippen molar-refractivity contribution in [3.05, 3.63) is 89.1 Å². The molecule has 2 heterocycles. The average Bonchev–Trinajstić information content (AvgIpc) is 2.73. The third-order valence-electron chi connectivity index (χ3n) is 4.15. The Kier molecular flexibility index (Phi) is 5.27. The molecule has 0 saturated heterocycles. The van der Waals surface area contributed by atoms with Crippen LogP contribution in [0.4, 0.5) is 11.5 Å². The van der Waals surface area contributed by atoms with Gasteiger partial charge in [0.15, 0.2) is 11.3 Å². The van der Waals surface area contributed by atoms with E-state index in [2.05, 4.69) is 15.3 Å². The molecule has 0 aliphatic carbocycles. The Morgan fingerprint density at radius 3 is 2.72 bits per heavy atom. The molecule has 6 nitrogen and oxygen atoms in total. The first-order chi connectivity index (χ1) is 14.1. The molecule has 2 aromatic carbocycles. The van der Waals surface area contributed by atoms with Crippen molar-refractivity contribution < 1.29 is 13.9 Å². The lowest BCUT2D eigenvalue weighted by Gasteiger charge is -2.08. The van der Waals surface area contributed by atoms with E-state index >= 15 is 0 Å². The number of rotatable bonds is 4. The first-order valence-corrected chi connectivity index (χ1v) is 9.15. The summed E-state index contributed by atoms with van der Waals surface area (Å²) in [5.74, 6) is 0.580. The van der Waals surface area contributed by atoms with E-state index in [-0.39, 0.29) is 11.1 Å². The van der Waals surface area contributed by atoms with E-state index in [4.69, 9.17) is 20.8 Å². The summed E-state index contributed by atoms with van der Waals surface area (Å²) in [5.41, 5.74) is 1.45. The Morgan fingerprint density at radius 1 is 1.10 bits per heavy atom. The fourth-order valence-electron chi connectivity index (χ4n) is 2.81. The molecule has 1 N–H and O–H groups in total. The second kappa shape index (κ2) is 8.16. The van der Waals surface area contributed by atoms with Gasteiger partial charge >= 0.3 is 0 Å². The van der Waals surface area contributed by atoms with Crippen LogP contribution in [0.1, 0.15) is 10.4 Å². The molecule has 0 radical (unpaired) electrons. The Hall–Kier alpha value is -3.64. The number of carbonyl (C=O) groups excluding carboxylic acids is 1. The molecular weight excluding hydrogens is 390 g/mol. The van der Waals surface area contributed by atoms with Crippen molar-refractivity contribution in [3.63, 3.8) is 0 Å². The lowest BCUT2D eigenvalue weighted by Crippen LogP contribution is -2.22. The number of hydrogen-bond acceptors (Lipinski definition) is 5. The number of amides is 1. The zero-order valence-corrected chi connectivity index (χ0v) is 16.2. The smallest absolute Gasteiger partial charge is 0.262 e. The highest BCUT2D eigenvalue weighted by Crippen LogP contribution is 2.25. The minimum atomic E-state index is -0.391. The maximum atomic E-state index is 13.0. The zero-order valence-electron chi connectivity index (χ0n) is 15.4. The number of pyridine rings is 1. The summed E-state index contributed by atoms with van der Waals surface area (Å²) in [5, 5.41) is 4.00. The number of aromatic nitrogens is 1. The van der Waals surface area contributed by atoms with Gasteiger partial charge in [-0.1, -0.05) is 35.9 Å². The maximum absolute atomic E-state index is 13.0.